The third-order valence-corrected chi connectivity index (χ3v) is 4.03. The molecule has 0 aliphatic carbocycles. The molecule has 1 aromatic rings. The Labute approximate surface area is 116 Å². The van der Waals surface area contributed by atoms with Gasteiger partial charge in [0.2, 0.25) is 0 Å². The van der Waals surface area contributed by atoms with Gasteiger partial charge >= 0.3 is 93.3 Å². The van der Waals surface area contributed by atoms with Gasteiger partial charge in [-0.25, -0.2) is 0 Å². The van der Waals surface area contributed by atoms with Crippen molar-refractivity contribution in [2.24, 2.45) is 0 Å². The van der Waals surface area contributed by atoms with Crippen molar-refractivity contribution in [2.45, 2.75) is 13.8 Å². The molecule has 89 valence electrons. The summed E-state index contributed by atoms with van der Waals surface area (Å²) in [4.78, 5) is 19.8. The molecule has 0 aliphatic heterocycles. The van der Waals surface area contributed by atoms with Crippen LogP contribution in [0.4, 0.5) is 5.69 Å². The molecule has 0 radical (unpaired) electrons. The molecule has 0 heterocycles. The van der Waals surface area contributed by atoms with Crippen molar-refractivity contribution in [2.75, 3.05) is 11.9 Å². The predicted octanol–water partition coefficient (Wildman–Crippen LogP) is 1.08. The van der Waals surface area contributed by atoms with E-state index in [1.54, 1.807) is 12.1 Å². The Kier molecular flexibility index (Phi) is 7.53. The maximum absolute atomic E-state index is 10.8. The van der Waals surface area contributed by atoms with E-state index in [-0.39, 0.29) is 0 Å². The molecule has 3 N–H and O–H groups in total. The third-order valence-electron chi connectivity index (χ3n) is 1.73. The zero-order chi connectivity index (χ0) is 13.4. The molecule has 0 aliphatic rings. The van der Waals surface area contributed by atoms with Gasteiger partial charge in [-0.1, -0.05) is 0 Å². The summed E-state index contributed by atoms with van der Waals surface area (Å²) in [7, 11) is 0. The standard InChI is InChI=1S/C9H10NO2.C2H4O2.Hg/c1-2-10-8-6-4-3-5-7(8)9(11)12;1-2(3)4;/h3-5,10H,2H2,1H3,(H,11,12);1H3,(H,3,4);. The number of hydrogen-bond donors (Lipinski definition) is 3. The van der Waals surface area contributed by atoms with Crippen molar-refractivity contribution in [3.63, 3.8) is 0 Å². The Balaban J connectivity index is 0.000000557. The Morgan fingerprint density at radius 2 is 1.88 bits per heavy atom. The first-order chi connectivity index (χ1) is 7.90. The minimum absolute atomic E-state index is 0.384. The van der Waals surface area contributed by atoms with Gasteiger partial charge in [0.05, 0.1) is 0 Å². The molecule has 6 heteroatoms. The zero-order valence-electron chi connectivity index (χ0n) is 9.86. The van der Waals surface area contributed by atoms with Crippen LogP contribution in [0.2, 0.25) is 0 Å². The van der Waals surface area contributed by atoms with E-state index >= 15 is 0 Å². The molecule has 0 spiro atoms. The fourth-order valence-electron chi connectivity index (χ4n) is 1.16. The van der Waals surface area contributed by atoms with E-state index in [2.05, 4.69) is 5.32 Å². The van der Waals surface area contributed by atoms with Gasteiger partial charge in [0, 0.05) is 6.92 Å². The third kappa shape index (κ3) is 6.26. The van der Waals surface area contributed by atoms with E-state index in [0.29, 0.717) is 31.7 Å². The van der Waals surface area contributed by atoms with Gasteiger partial charge in [0.1, 0.15) is 0 Å². The van der Waals surface area contributed by atoms with Crippen molar-refractivity contribution in [3.05, 3.63) is 23.8 Å². The monoisotopic (exact) mass is 426 g/mol. The van der Waals surface area contributed by atoms with E-state index in [9.17, 15) is 4.79 Å². The molecule has 1 aromatic carbocycles. The van der Waals surface area contributed by atoms with E-state index in [1.165, 1.54) is 0 Å². The second-order valence-electron chi connectivity index (χ2n) is 3.19. The number of rotatable bonds is 3. The van der Waals surface area contributed by atoms with E-state index in [0.717, 1.165) is 22.2 Å². The molecular weight excluding hydrogens is 411 g/mol. The molecule has 0 saturated heterocycles. The first-order valence-electron chi connectivity index (χ1n) is 5.01. The average molecular weight is 425 g/mol. The van der Waals surface area contributed by atoms with Crippen LogP contribution < -0.4 is 8.39 Å². The first-order valence-corrected chi connectivity index (χ1v) is 7.76. The molecule has 0 fully saturated rings. The van der Waals surface area contributed by atoms with Crippen molar-refractivity contribution >= 4 is 20.7 Å². The molecule has 0 unspecified atom stereocenters. The number of carboxylic acid groups (broad SMARTS) is 2. The number of para-hydroxylation sites is 1. The Hall–Kier alpha value is -1.10. The van der Waals surface area contributed by atoms with Gasteiger partial charge in [-0.3, -0.25) is 4.79 Å². The fraction of sp³-hybridized carbons (Fsp3) is 0.273. The second-order valence-corrected chi connectivity index (χ2v) is 6.16. The van der Waals surface area contributed by atoms with Crippen molar-refractivity contribution in [1.82, 2.24) is 0 Å². The van der Waals surface area contributed by atoms with Crippen LogP contribution in [-0.2, 0) is 30.9 Å². The summed E-state index contributed by atoms with van der Waals surface area (Å²) in [5.74, 6) is -1.69. The van der Waals surface area contributed by atoms with Gasteiger partial charge in [0.25, 0.3) is 5.97 Å². The molecular formula is C11H14HgNO4. The van der Waals surface area contributed by atoms with E-state index in [1.807, 2.05) is 13.0 Å². The Bertz CT molecular complexity index is 402. The summed E-state index contributed by atoms with van der Waals surface area (Å²) in [5.41, 5.74) is 1.19. The molecule has 5 nitrogen and oxygen atoms in total. The summed E-state index contributed by atoms with van der Waals surface area (Å²) in [6.07, 6.45) is 0. The van der Waals surface area contributed by atoms with Gasteiger partial charge in [-0.05, 0) is 0 Å². The van der Waals surface area contributed by atoms with Crippen LogP contribution >= 0.6 is 0 Å². The molecule has 1 rings (SSSR count). The number of carboxylic acids is 2. The van der Waals surface area contributed by atoms with Crippen LogP contribution in [0.3, 0.4) is 0 Å². The number of hydrogen-bond acceptors (Lipinski definition) is 3. The van der Waals surface area contributed by atoms with Gasteiger partial charge in [-0.2, -0.15) is 0 Å². The number of benzene rings is 1. The molecule has 0 atom stereocenters. The SMILES string of the molecule is CC(=O)O.CCNc1[c]([Hg])cccc1C(=O)O. The Morgan fingerprint density at radius 3 is 2.29 bits per heavy atom. The van der Waals surface area contributed by atoms with E-state index < -0.39 is 11.9 Å². The number of carbonyl (C=O) groups is 2. The summed E-state index contributed by atoms with van der Waals surface area (Å²) in [6.45, 7) is 3.81. The number of anilines is 1. The number of aliphatic carboxylic acids is 1. The Morgan fingerprint density at radius 1 is 1.35 bits per heavy atom. The summed E-state index contributed by atoms with van der Waals surface area (Å²) >= 11 is 0.444. The summed E-state index contributed by atoms with van der Waals surface area (Å²) in [6, 6.07) is 5.41. The predicted molar refractivity (Wildman–Crippen MR) is 60.5 cm³/mol. The summed E-state index contributed by atoms with van der Waals surface area (Å²) < 4.78 is 1.15. The van der Waals surface area contributed by atoms with Gasteiger partial charge < -0.3 is 5.11 Å². The quantitative estimate of drug-likeness (QED) is 0.632. The van der Waals surface area contributed by atoms with Gasteiger partial charge in [0.15, 0.2) is 0 Å². The first kappa shape index (κ1) is 15.9. The van der Waals surface area contributed by atoms with Crippen LogP contribution in [0, 0.1) is 0 Å². The topological polar surface area (TPSA) is 86.6 Å². The second kappa shape index (κ2) is 8.06. The van der Waals surface area contributed by atoms with Crippen LogP contribution in [0.25, 0.3) is 0 Å². The van der Waals surface area contributed by atoms with Gasteiger partial charge in [-0.15, -0.1) is 0 Å². The van der Waals surface area contributed by atoms with Crippen molar-refractivity contribution in [1.29, 1.82) is 0 Å². The number of nitrogens with one attached hydrogen (secondary N) is 1. The minimum atomic E-state index is -0.858. The van der Waals surface area contributed by atoms with Crippen molar-refractivity contribution < 1.29 is 45.9 Å². The molecule has 0 saturated carbocycles. The van der Waals surface area contributed by atoms with Crippen LogP contribution in [-0.4, -0.2) is 28.7 Å². The normalized spacial score (nSPS) is 8.94. The molecule has 17 heavy (non-hydrogen) atoms. The number of aromatic carboxylic acids is 1. The fourth-order valence-corrected chi connectivity index (χ4v) is 2.92. The summed E-state index contributed by atoms with van der Waals surface area (Å²) in [5, 5.41) is 19.4. The van der Waals surface area contributed by atoms with Crippen LogP contribution in [0.1, 0.15) is 24.2 Å². The average Bonchev–Trinajstić information content (AvgIpc) is 2.20. The van der Waals surface area contributed by atoms with Crippen LogP contribution in [0.15, 0.2) is 18.2 Å². The zero-order valence-corrected chi connectivity index (χ0v) is 15.4. The maximum atomic E-state index is 10.8. The molecule has 0 aromatic heterocycles. The van der Waals surface area contributed by atoms with Crippen molar-refractivity contribution in [3.8, 4) is 0 Å². The van der Waals surface area contributed by atoms with E-state index in [4.69, 9.17) is 15.0 Å². The molecule has 0 bridgehead atoms. The molecule has 0 amide bonds. The van der Waals surface area contributed by atoms with Crippen LogP contribution in [0.5, 0.6) is 0 Å².